The first kappa shape index (κ1) is 13.9. The second kappa shape index (κ2) is 6.10. The van der Waals surface area contributed by atoms with Crippen molar-refractivity contribution in [2.45, 2.75) is 19.3 Å². The average Bonchev–Trinajstić information content (AvgIpc) is 2.45. The number of aliphatic carboxylic acids is 1. The molecule has 0 aliphatic rings. The summed E-state index contributed by atoms with van der Waals surface area (Å²) in [7, 11) is 0. The van der Waals surface area contributed by atoms with Crippen molar-refractivity contribution in [3.05, 3.63) is 65.5 Å². The summed E-state index contributed by atoms with van der Waals surface area (Å²) in [5.74, 6) is -1.85. The number of carbonyl (C=O) groups excluding carboxylic acids is 1. The van der Waals surface area contributed by atoms with Gasteiger partial charge < -0.3 is 5.11 Å². The summed E-state index contributed by atoms with van der Waals surface area (Å²) in [5, 5.41) is 9.03. The molecule has 0 spiro atoms. The summed E-state index contributed by atoms with van der Waals surface area (Å²) in [5.41, 5.74) is 2.18. The summed E-state index contributed by atoms with van der Waals surface area (Å²) < 4.78 is 0. The number of pyridine rings is 1. The minimum absolute atomic E-state index is 0.178. The Hall–Kier alpha value is -2.49. The number of ketones is 1. The molecule has 0 radical (unpaired) electrons. The number of Topliss-reactive ketones (excluding diaryl/α,β-unsaturated/α-hetero) is 1. The maximum absolute atomic E-state index is 12.5. The van der Waals surface area contributed by atoms with Gasteiger partial charge in [0.1, 0.15) is 0 Å². The van der Waals surface area contributed by atoms with Gasteiger partial charge in [0.15, 0.2) is 5.78 Å². The van der Waals surface area contributed by atoms with Gasteiger partial charge >= 0.3 is 5.97 Å². The van der Waals surface area contributed by atoms with E-state index < -0.39 is 11.9 Å². The Labute approximate surface area is 117 Å². The molecule has 1 atom stereocenters. The highest BCUT2D eigenvalue weighted by Crippen LogP contribution is 2.24. The molecule has 1 aromatic heterocycles. The monoisotopic (exact) mass is 269 g/mol. The highest BCUT2D eigenvalue weighted by molar-refractivity contribution is 6.02. The first-order valence-electron chi connectivity index (χ1n) is 6.30. The Balaban J connectivity index is 2.36. The van der Waals surface area contributed by atoms with E-state index >= 15 is 0 Å². The van der Waals surface area contributed by atoms with Crippen LogP contribution < -0.4 is 0 Å². The number of hydrogen-bond donors (Lipinski definition) is 1. The maximum atomic E-state index is 12.5. The van der Waals surface area contributed by atoms with Crippen molar-refractivity contribution in [2.24, 2.45) is 0 Å². The van der Waals surface area contributed by atoms with Crippen LogP contribution in [-0.4, -0.2) is 21.8 Å². The van der Waals surface area contributed by atoms with Crippen molar-refractivity contribution in [3.63, 3.8) is 0 Å². The van der Waals surface area contributed by atoms with Crippen molar-refractivity contribution in [3.8, 4) is 0 Å². The van der Waals surface area contributed by atoms with Crippen molar-refractivity contribution >= 4 is 11.8 Å². The number of hydrogen-bond acceptors (Lipinski definition) is 3. The zero-order valence-corrected chi connectivity index (χ0v) is 11.1. The van der Waals surface area contributed by atoms with Gasteiger partial charge in [-0.05, 0) is 30.7 Å². The molecular formula is C16H15NO3. The number of benzene rings is 1. The van der Waals surface area contributed by atoms with Gasteiger partial charge in [0, 0.05) is 18.0 Å². The maximum Gasteiger partial charge on any atom is 0.304 e. The lowest BCUT2D eigenvalue weighted by Crippen LogP contribution is -2.17. The number of rotatable bonds is 5. The molecule has 0 saturated carbocycles. The highest BCUT2D eigenvalue weighted by atomic mass is 16.4. The summed E-state index contributed by atoms with van der Waals surface area (Å²) >= 11 is 0. The normalized spacial score (nSPS) is 11.8. The van der Waals surface area contributed by atoms with Gasteiger partial charge in [0.2, 0.25) is 0 Å². The van der Waals surface area contributed by atoms with Gasteiger partial charge in [-0.1, -0.05) is 23.8 Å². The van der Waals surface area contributed by atoms with Crippen molar-refractivity contribution in [1.82, 2.24) is 4.98 Å². The lowest BCUT2D eigenvalue weighted by atomic mass is 9.88. The molecule has 0 fully saturated rings. The number of carbonyl (C=O) groups is 2. The standard InChI is InChI=1S/C16H15NO3/c1-11-3-2-4-13(9-11)16(20)14(10-15(18)19)12-5-7-17-8-6-12/h2-9,14H,10H2,1H3,(H,18,19). The minimum atomic E-state index is -0.993. The van der Waals surface area contributed by atoms with Crippen LogP contribution in [0.4, 0.5) is 0 Å². The molecule has 0 amide bonds. The van der Waals surface area contributed by atoms with Gasteiger partial charge in [-0.2, -0.15) is 0 Å². The van der Waals surface area contributed by atoms with Gasteiger partial charge in [-0.3, -0.25) is 14.6 Å². The van der Waals surface area contributed by atoms with E-state index in [2.05, 4.69) is 4.98 Å². The predicted octanol–water partition coefficient (Wildman–Crippen LogP) is 2.83. The van der Waals surface area contributed by atoms with Crippen LogP contribution in [0.3, 0.4) is 0 Å². The topological polar surface area (TPSA) is 67.3 Å². The fourth-order valence-corrected chi connectivity index (χ4v) is 2.13. The number of aryl methyl sites for hydroxylation is 1. The average molecular weight is 269 g/mol. The van der Waals surface area contributed by atoms with Crippen LogP contribution in [0.2, 0.25) is 0 Å². The molecule has 20 heavy (non-hydrogen) atoms. The molecular weight excluding hydrogens is 254 g/mol. The lowest BCUT2D eigenvalue weighted by molar-refractivity contribution is -0.137. The molecule has 0 aliphatic heterocycles. The molecule has 0 saturated heterocycles. The second-order valence-corrected chi connectivity index (χ2v) is 4.66. The van der Waals surface area contributed by atoms with Crippen LogP contribution in [0.5, 0.6) is 0 Å². The number of carboxylic acids is 1. The molecule has 1 heterocycles. The fourth-order valence-electron chi connectivity index (χ4n) is 2.13. The molecule has 1 aromatic carbocycles. The first-order chi connectivity index (χ1) is 9.58. The van der Waals surface area contributed by atoms with Crippen LogP contribution >= 0.6 is 0 Å². The molecule has 2 aromatic rings. The first-order valence-corrected chi connectivity index (χ1v) is 6.30. The molecule has 4 nitrogen and oxygen atoms in total. The van der Waals surface area contributed by atoms with Gasteiger partial charge in [-0.15, -0.1) is 0 Å². The van der Waals surface area contributed by atoms with Crippen molar-refractivity contribution < 1.29 is 14.7 Å². The van der Waals surface area contributed by atoms with E-state index in [1.54, 1.807) is 42.7 Å². The van der Waals surface area contributed by atoms with Gasteiger partial charge in [0.05, 0.1) is 12.3 Å². The number of carboxylic acid groups (broad SMARTS) is 1. The zero-order valence-electron chi connectivity index (χ0n) is 11.1. The zero-order chi connectivity index (χ0) is 14.5. The molecule has 4 heteroatoms. The van der Waals surface area contributed by atoms with Crippen LogP contribution in [-0.2, 0) is 4.79 Å². The molecule has 2 rings (SSSR count). The SMILES string of the molecule is Cc1cccc(C(=O)C(CC(=O)O)c2ccncc2)c1. The number of nitrogens with zero attached hydrogens (tertiary/aromatic N) is 1. The van der Waals surface area contributed by atoms with Crippen molar-refractivity contribution in [2.75, 3.05) is 0 Å². The molecule has 1 unspecified atom stereocenters. The smallest absolute Gasteiger partial charge is 0.304 e. The summed E-state index contributed by atoms with van der Waals surface area (Å²) in [6.45, 7) is 1.90. The molecule has 0 aliphatic carbocycles. The van der Waals surface area contributed by atoms with E-state index in [9.17, 15) is 9.59 Å². The molecule has 0 bridgehead atoms. The van der Waals surface area contributed by atoms with Crippen LogP contribution in [0, 0.1) is 6.92 Å². The van der Waals surface area contributed by atoms with Crippen LogP contribution in [0.1, 0.15) is 33.8 Å². The Morgan fingerprint density at radius 1 is 1.20 bits per heavy atom. The van der Waals surface area contributed by atoms with E-state index in [4.69, 9.17) is 5.11 Å². The van der Waals surface area contributed by atoms with Gasteiger partial charge in [-0.25, -0.2) is 0 Å². The third-order valence-corrected chi connectivity index (χ3v) is 3.11. The quantitative estimate of drug-likeness (QED) is 0.847. The molecule has 1 N–H and O–H groups in total. The Morgan fingerprint density at radius 3 is 2.50 bits per heavy atom. The van der Waals surface area contributed by atoms with Crippen LogP contribution in [0.15, 0.2) is 48.8 Å². The highest BCUT2D eigenvalue weighted by Gasteiger charge is 2.24. The van der Waals surface area contributed by atoms with E-state index in [1.807, 2.05) is 13.0 Å². The van der Waals surface area contributed by atoms with E-state index in [1.165, 1.54) is 0 Å². The number of aromatic nitrogens is 1. The Kier molecular flexibility index (Phi) is 4.25. The van der Waals surface area contributed by atoms with Crippen molar-refractivity contribution in [1.29, 1.82) is 0 Å². The second-order valence-electron chi connectivity index (χ2n) is 4.66. The summed E-state index contributed by atoms with van der Waals surface area (Å²) in [4.78, 5) is 27.5. The van der Waals surface area contributed by atoms with Gasteiger partial charge in [0.25, 0.3) is 0 Å². The Bertz CT molecular complexity index is 623. The third-order valence-electron chi connectivity index (χ3n) is 3.11. The lowest BCUT2D eigenvalue weighted by Gasteiger charge is -2.14. The van der Waals surface area contributed by atoms with E-state index in [0.717, 1.165) is 5.56 Å². The van der Waals surface area contributed by atoms with E-state index in [0.29, 0.717) is 11.1 Å². The predicted molar refractivity (Wildman–Crippen MR) is 74.7 cm³/mol. The Morgan fingerprint density at radius 2 is 1.90 bits per heavy atom. The minimum Gasteiger partial charge on any atom is -0.481 e. The largest absolute Gasteiger partial charge is 0.481 e. The third kappa shape index (κ3) is 3.29. The van der Waals surface area contributed by atoms with E-state index in [-0.39, 0.29) is 12.2 Å². The fraction of sp³-hybridized carbons (Fsp3) is 0.188. The summed E-state index contributed by atoms with van der Waals surface area (Å²) in [6.07, 6.45) is 2.90. The summed E-state index contributed by atoms with van der Waals surface area (Å²) in [6, 6.07) is 10.6. The molecule has 102 valence electrons. The van der Waals surface area contributed by atoms with Crippen LogP contribution in [0.25, 0.3) is 0 Å².